The lowest BCUT2D eigenvalue weighted by Gasteiger charge is -2.26. The standard InChI is InChI=1S/C29H26N2O3/c1-16-9-12-20(13-10-16)27(32)25-26(24-19(4)30-23-8-6-5-7-22(23)24)31(29(34)28(25)33)21-14-11-17(2)18(3)15-21/h5-15,26,30,32H,1-4H3/b27-25+. The lowest BCUT2D eigenvalue weighted by molar-refractivity contribution is -0.132. The second kappa shape index (κ2) is 8.03. The van der Waals surface area contributed by atoms with E-state index in [0.717, 1.165) is 38.9 Å². The van der Waals surface area contributed by atoms with Gasteiger partial charge < -0.3 is 10.1 Å². The number of hydrogen-bond acceptors (Lipinski definition) is 3. The summed E-state index contributed by atoms with van der Waals surface area (Å²) < 4.78 is 0. The molecule has 0 aliphatic carbocycles. The van der Waals surface area contributed by atoms with Gasteiger partial charge in [0.2, 0.25) is 0 Å². The summed E-state index contributed by atoms with van der Waals surface area (Å²) >= 11 is 0. The van der Waals surface area contributed by atoms with Crippen LogP contribution in [-0.4, -0.2) is 21.8 Å². The lowest BCUT2D eigenvalue weighted by atomic mass is 9.93. The molecule has 1 atom stereocenters. The molecule has 170 valence electrons. The van der Waals surface area contributed by atoms with Crippen molar-refractivity contribution in [2.75, 3.05) is 4.90 Å². The molecule has 1 amide bonds. The summed E-state index contributed by atoms with van der Waals surface area (Å²) in [6.45, 7) is 7.87. The fraction of sp³-hybridized carbons (Fsp3) is 0.172. The van der Waals surface area contributed by atoms with Gasteiger partial charge in [-0.05, 0) is 57.0 Å². The number of nitrogens with zero attached hydrogens (tertiary/aromatic N) is 1. The number of H-pyrrole nitrogens is 1. The summed E-state index contributed by atoms with van der Waals surface area (Å²) in [5, 5.41) is 12.3. The normalized spacial score (nSPS) is 17.6. The predicted octanol–water partition coefficient (Wildman–Crippen LogP) is 6.03. The van der Waals surface area contributed by atoms with Gasteiger partial charge in [0.25, 0.3) is 11.7 Å². The number of aromatic amines is 1. The minimum atomic E-state index is -0.764. The molecule has 1 unspecified atom stereocenters. The van der Waals surface area contributed by atoms with E-state index < -0.39 is 17.7 Å². The van der Waals surface area contributed by atoms with Gasteiger partial charge in [-0.15, -0.1) is 0 Å². The van der Waals surface area contributed by atoms with E-state index >= 15 is 0 Å². The van der Waals surface area contributed by atoms with Crippen molar-refractivity contribution < 1.29 is 14.7 Å². The maximum atomic E-state index is 13.5. The zero-order valence-corrected chi connectivity index (χ0v) is 19.6. The molecule has 0 bridgehead atoms. The Morgan fingerprint density at radius 1 is 0.882 bits per heavy atom. The first-order chi connectivity index (χ1) is 16.3. The Morgan fingerprint density at radius 3 is 2.29 bits per heavy atom. The van der Waals surface area contributed by atoms with Gasteiger partial charge in [0.15, 0.2) is 0 Å². The van der Waals surface area contributed by atoms with Crippen molar-refractivity contribution in [1.29, 1.82) is 0 Å². The largest absolute Gasteiger partial charge is 0.507 e. The molecule has 3 aromatic carbocycles. The number of nitrogens with one attached hydrogen (secondary N) is 1. The molecule has 2 N–H and O–H groups in total. The Hall–Kier alpha value is -4.12. The third-order valence-electron chi connectivity index (χ3n) is 6.75. The van der Waals surface area contributed by atoms with Gasteiger partial charge in [0.1, 0.15) is 5.76 Å². The van der Waals surface area contributed by atoms with Gasteiger partial charge in [-0.3, -0.25) is 14.5 Å². The summed E-state index contributed by atoms with van der Waals surface area (Å²) in [5.41, 5.74) is 6.95. The van der Waals surface area contributed by atoms with Crippen molar-refractivity contribution in [2.24, 2.45) is 0 Å². The van der Waals surface area contributed by atoms with Gasteiger partial charge in [0.05, 0.1) is 11.6 Å². The molecule has 1 fully saturated rings. The number of aryl methyl sites for hydroxylation is 4. The molecule has 2 heterocycles. The minimum absolute atomic E-state index is 0.0972. The molecule has 0 radical (unpaired) electrons. The summed E-state index contributed by atoms with van der Waals surface area (Å²) in [7, 11) is 0. The number of para-hydroxylation sites is 1. The fourth-order valence-electron chi connectivity index (χ4n) is 4.77. The van der Waals surface area contributed by atoms with Crippen LogP contribution in [0.3, 0.4) is 0 Å². The van der Waals surface area contributed by atoms with Crippen molar-refractivity contribution in [3.63, 3.8) is 0 Å². The van der Waals surface area contributed by atoms with Crippen LogP contribution in [0.4, 0.5) is 5.69 Å². The van der Waals surface area contributed by atoms with E-state index in [1.165, 1.54) is 4.90 Å². The molecule has 1 aliphatic rings. The molecular weight excluding hydrogens is 424 g/mol. The Morgan fingerprint density at radius 2 is 1.59 bits per heavy atom. The van der Waals surface area contributed by atoms with Crippen LogP contribution in [0.25, 0.3) is 16.7 Å². The molecule has 1 aliphatic heterocycles. The van der Waals surface area contributed by atoms with E-state index in [9.17, 15) is 14.7 Å². The van der Waals surface area contributed by atoms with Gasteiger partial charge >= 0.3 is 0 Å². The third-order valence-corrected chi connectivity index (χ3v) is 6.75. The quantitative estimate of drug-likeness (QED) is 0.227. The summed E-state index contributed by atoms with van der Waals surface area (Å²) in [6.07, 6.45) is 0. The molecule has 5 heteroatoms. The molecule has 4 aromatic rings. The smallest absolute Gasteiger partial charge is 0.300 e. The van der Waals surface area contributed by atoms with Crippen molar-refractivity contribution in [3.05, 3.63) is 106 Å². The number of hydrogen-bond donors (Lipinski definition) is 2. The zero-order chi connectivity index (χ0) is 24.1. The molecule has 0 saturated carbocycles. The summed E-state index contributed by atoms with van der Waals surface area (Å²) in [4.78, 5) is 31.8. The first kappa shape index (κ1) is 21.7. The van der Waals surface area contributed by atoms with Crippen LogP contribution in [-0.2, 0) is 9.59 Å². The molecule has 0 spiro atoms. The molecule has 5 nitrogen and oxygen atoms in total. The van der Waals surface area contributed by atoms with Crippen LogP contribution < -0.4 is 4.90 Å². The van der Waals surface area contributed by atoms with Crippen LogP contribution in [0.15, 0.2) is 72.3 Å². The first-order valence-corrected chi connectivity index (χ1v) is 11.3. The topological polar surface area (TPSA) is 73.4 Å². The zero-order valence-electron chi connectivity index (χ0n) is 19.6. The third kappa shape index (κ3) is 3.32. The monoisotopic (exact) mass is 450 g/mol. The first-order valence-electron chi connectivity index (χ1n) is 11.3. The second-order valence-electron chi connectivity index (χ2n) is 9.01. The fourth-order valence-corrected chi connectivity index (χ4v) is 4.77. The molecule has 1 aromatic heterocycles. The Kier molecular flexibility index (Phi) is 5.13. The number of amides is 1. The highest BCUT2D eigenvalue weighted by atomic mass is 16.3. The van der Waals surface area contributed by atoms with Gasteiger partial charge in [-0.2, -0.15) is 0 Å². The molecular formula is C29H26N2O3. The highest BCUT2D eigenvalue weighted by molar-refractivity contribution is 6.52. The van der Waals surface area contributed by atoms with Crippen molar-refractivity contribution in [3.8, 4) is 0 Å². The number of benzene rings is 3. The number of carbonyl (C=O) groups is 2. The number of fused-ring (bicyclic) bond motifs is 1. The van der Waals surface area contributed by atoms with Crippen LogP contribution in [0.5, 0.6) is 0 Å². The number of Topliss-reactive ketones (excluding diaryl/α,β-unsaturated/α-hetero) is 1. The molecule has 34 heavy (non-hydrogen) atoms. The summed E-state index contributed by atoms with van der Waals surface area (Å²) in [6, 6.07) is 20.1. The van der Waals surface area contributed by atoms with Crippen LogP contribution in [0, 0.1) is 27.7 Å². The molecule has 1 saturated heterocycles. The number of aromatic nitrogens is 1. The molecule has 5 rings (SSSR count). The minimum Gasteiger partial charge on any atom is -0.507 e. The average Bonchev–Trinajstić information content (AvgIpc) is 3.28. The lowest BCUT2D eigenvalue weighted by Crippen LogP contribution is -2.29. The highest BCUT2D eigenvalue weighted by Gasteiger charge is 2.48. The van der Waals surface area contributed by atoms with E-state index in [0.29, 0.717) is 11.3 Å². The van der Waals surface area contributed by atoms with Gasteiger partial charge in [0, 0.05) is 33.4 Å². The van der Waals surface area contributed by atoms with Gasteiger partial charge in [-0.1, -0.05) is 54.1 Å². The van der Waals surface area contributed by atoms with Gasteiger partial charge in [-0.25, -0.2) is 0 Å². The Labute approximate surface area is 198 Å². The maximum Gasteiger partial charge on any atom is 0.300 e. The Bertz CT molecular complexity index is 1490. The SMILES string of the molecule is Cc1ccc(/C(O)=C2\C(=O)C(=O)N(c3ccc(C)c(C)c3)C2c2c(C)[nH]c3ccccc23)cc1. The van der Waals surface area contributed by atoms with E-state index in [2.05, 4.69) is 4.98 Å². The maximum absolute atomic E-state index is 13.5. The van der Waals surface area contributed by atoms with E-state index in [1.54, 1.807) is 12.1 Å². The van der Waals surface area contributed by atoms with Crippen LogP contribution >= 0.6 is 0 Å². The number of anilines is 1. The van der Waals surface area contributed by atoms with Crippen molar-refractivity contribution in [2.45, 2.75) is 33.7 Å². The number of aliphatic hydroxyl groups is 1. The van der Waals surface area contributed by atoms with Crippen LogP contribution in [0.2, 0.25) is 0 Å². The van der Waals surface area contributed by atoms with E-state index in [4.69, 9.17) is 0 Å². The number of aliphatic hydroxyl groups excluding tert-OH is 1. The van der Waals surface area contributed by atoms with E-state index in [-0.39, 0.29) is 11.3 Å². The predicted molar refractivity (Wildman–Crippen MR) is 135 cm³/mol. The number of rotatable bonds is 3. The second-order valence-corrected chi connectivity index (χ2v) is 9.01. The Balaban J connectivity index is 1.82. The van der Waals surface area contributed by atoms with Crippen molar-refractivity contribution >= 4 is 34.0 Å². The highest BCUT2D eigenvalue weighted by Crippen LogP contribution is 2.45. The van der Waals surface area contributed by atoms with E-state index in [1.807, 2.05) is 82.3 Å². The van der Waals surface area contributed by atoms with Crippen molar-refractivity contribution in [1.82, 2.24) is 4.98 Å². The number of carbonyl (C=O) groups excluding carboxylic acids is 2. The number of ketones is 1. The van der Waals surface area contributed by atoms with Crippen LogP contribution in [0.1, 0.15) is 39.6 Å². The summed E-state index contributed by atoms with van der Waals surface area (Å²) in [5.74, 6) is -1.50. The average molecular weight is 451 g/mol.